The second kappa shape index (κ2) is 8.27. The van der Waals surface area contributed by atoms with Crippen molar-refractivity contribution in [1.29, 1.82) is 0 Å². The van der Waals surface area contributed by atoms with Gasteiger partial charge in [-0.05, 0) is 61.0 Å². The number of nitrogens with one attached hydrogen (secondary N) is 3. The van der Waals surface area contributed by atoms with Crippen LogP contribution in [0, 0.1) is 12.7 Å². The lowest BCUT2D eigenvalue weighted by Crippen LogP contribution is -2.22. The Labute approximate surface area is 177 Å². The number of aromatic nitrogens is 2. The Balaban J connectivity index is 1.38. The number of nitrogens with zero attached hydrogens (tertiary/aromatic N) is 1. The Bertz CT molecular complexity index is 1280. The number of nitrogen functional groups attached to an aromatic ring is 1. The van der Waals surface area contributed by atoms with Gasteiger partial charge in [0.15, 0.2) is 0 Å². The fourth-order valence-corrected chi connectivity index (χ4v) is 3.17. The van der Waals surface area contributed by atoms with Crippen molar-refractivity contribution in [2.75, 3.05) is 11.1 Å². The standard InChI is InChI=1S/C23H20FN5O2/c1-13-27-19-9-6-16(10-21(19)28-13)22(30)26-12-14-2-4-15(5-3-14)23(31)29-20-11-17(24)7-8-18(20)25/h2-11H,12,25H2,1H3,(H,26,30)(H,27,28)(H,29,31). The van der Waals surface area contributed by atoms with Crippen molar-refractivity contribution in [2.45, 2.75) is 13.5 Å². The molecule has 0 saturated heterocycles. The van der Waals surface area contributed by atoms with Crippen LogP contribution in [0.25, 0.3) is 11.0 Å². The second-order valence-corrected chi connectivity index (χ2v) is 7.12. The summed E-state index contributed by atoms with van der Waals surface area (Å²) in [6.45, 7) is 2.16. The predicted molar refractivity (Wildman–Crippen MR) is 117 cm³/mol. The zero-order valence-corrected chi connectivity index (χ0v) is 16.7. The van der Waals surface area contributed by atoms with Crippen molar-refractivity contribution in [3.05, 3.63) is 89.0 Å². The first-order valence-corrected chi connectivity index (χ1v) is 9.59. The molecule has 4 aromatic rings. The van der Waals surface area contributed by atoms with E-state index in [-0.39, 0.29) is 17.3 Å². The van der Waals surface area contributed by atoms with Gasteiger partial charge in [-0.1, -0.05) is 12.1 Å². The van der Waals surface area contributed by atoms with E-state index in [9.17, 15) is 14.0 Å². The van der Waals surface area contributed by atoms with E-state index in [1.807, 2.05) is 6.92 Å². The third-order valence-corrected chi connectivity index (χ3v) is 4.80. The number of nitrogens with two attached hydrogens (primary N) is 1. The molecule has 0 aliphatic heterocycles. The number of amides is 2. The van der Waals surface area contributed by atoms with E-state index >= 15 is 0 Å². The van der Waals surface area contributed by atoms with E-state index in [2.05, 4.69) is 20.6 Å². The van der Waals surface area contributed by atoms with Gasteiger partial charge in [-0.15, -0.1) is 0 Å². The summed E-state index contributed by atoms with van der Waals surface area (Å²) in [6.07, 6.45) is 0. The monoisotopic (exact) mass is 417 g/mol. The van der Waals surface area contributed by atoms with Crippen LogP contribution in [0.5, 0.6) is 0 Å². The maximum Gasteiger partial charge on any atom is 0.255 e. The maximum absolute atomic E-state index is 13.4. The Morgan fingerprint density at radius 1 is 1.00 bits per heavy atom. The molecular weight excluding hydrogens is 397 g/mol. The summed E-state index contributed by atoms with van der Waals surface area (Å²) in [7, 11) is 0. The fraction of sp³-hybridized carbons (Fsp3) is 0.0870. The van der Waals surface area contributed by atoms with Crippen molar-refractivity contribution in [2.24, 2.45) is 0 Å². The Kier molecular flexibility index (Phi) is 5.36. The van der Waals surface area contributed by atoms with Gasteiger partial charge >= 0.3 is 0 Å². The number of fused-ring (bicyclic) bond motifs is 1. The van der Waals surface area contributed by atoms with Crippen molar-refractivity contribution in [3.63, 3.8) is 0 Å². The molecule has 0 saturated carbocycles. The SMILES string of the molecule is Cc1nc2ccc(C(=O)NCc3ccc(C(=O)Nc4cc(F)ccc4N)cc3)cc2[nH]1. The topological polar surface area (TPSA) is 113 Å². The number of carbonyl (C=O) groups excluding carboxylic acids is 2. The zero-order valence-electron chi connectivity index (χ0n) is 16.7. The van der Waals surface area contributed by atoms with Crippen LogP contribution in [0.15, 0.2) is 60.7 Å². The van der Waals surface area contributed by atoms with Gasteiger partial charge in [-0.25, -0.2) is 9.37 Å². The van der Waals surface area contributed by atoms with Crippen LogP contribution < -0.4 is 16.4 Å². The van der Waals surface area contributed by atoms with Crippen molar-refractivity contribution >= 4 is 34.2 Å². The number of benzene rings is 3. The summed E-state index contributed by atoms with van der Waals surface area (Å²) in [5.74, 6) is -0.317. The van der Waals surface area contributed by atoms with Crippen molar-refractivity contribution in [3.8, 4) is 0 Å². The largest absolute Gasteiger partial charge is 0.397 e. The molecule has 0 atom stereocenters. The second-order valence-electron chi connectivity index (χ2n) is 7.12. The highest BCUT2D eigenvalue weighted by Gasteiger charge is 2.11. The molecule has 0 aliphatic rings. The van der Waals surface area contributed by atoms with Gasteiger partial charge in [0.05, 0.1) is 22.4 Å². The van der Waals surface area contributed by atoms with Crippen molar-refractivity contribution in [1.82, 2.24) is 15.3 Å². The molecule has 0 spiro atoms. The summed E-state index contributed by atoms with van der Waals surface area (Å²) in [5.41, 5.74) is 9.61. The molecule has 0 bridgehead atoms. The minimum absolute atomic E-state index is 0.211. The first kappa shape index (κ1) is 20.1. The van der Waals surface area contributed by atoms with Gasteiger partial charge in [0.1, 0.15) is 11.6 Å². The number of H-pyrrole nitrogens is 1. The fourth-order valence-electron chi connectivity index (χ4n) is 3.17. The van der Waals surface area contributed by atoms with Crippen LogP contribution in [0.4, 0.5) is 15.8 Å². The summed E-state index contributed by atoms with van der Waals surface area (Å²) in [4.78, 5) is 32.3. The Morgan fingerprint density at radius 2 is 1.74 bits per heavy atom. The zero-order chi connectivity index (χ0) is 22.0. The molecule has 1 heterocycles. The van der Waals surface area contributed by atoms with Crippen LogP contribution in [-0.2, 0) is 6.54 Å². The highest BCUT2D eigenvalue weighted by Crippen LogP contribution is 2.20. The molecule has 0 fully saturated rings. The van der Waals surface area contributed by atoms with Gasteiger partial charge in [0.2, 0.25) is 0 Å². The molecule has 2 amide bonds. The molecule has 31 heavy (non-hydrogen) atoms. The lowest BCUT2D eigenvalue weighted by molar-refractivity contribution is 0.0950. The van der Waals surface area contributed by atoms with E-state index in [4.69, 9.17) is 5.73 Å². The molecule has 0 radical (unpaired) electrons. The third-order valence-electron chi connectivity index (χ3n) is 4.80. The predicted octanol–water partition coefficient (Wildman–Crippen LogP) is 3.77. The van der Waals surface area contributed by atoms with E-state index in [1.165, 1.54) is 18.2 Å². The molecule has 0 aliphatic carbocycles. The summed E-state index contributed by atoms with van der Waals surface area (Å²) >= 11 is 0. The van der Waals surface area contributed by atoms with E-state index in [0.717, 1.165) is 22.4 Å². The number of anilines is 2. The van der Waals surface area contributed by atoms with Gasteiger partial charge in [-0.2, -0.15) is 0 Å². The number of aromatic amines is 1. The van der Waals surface area contributed by atoms with Crippen LogP contribution >= 0.6 is 0 Å². The molecule has 8 heteroatoms. The molecule has 5 N–H and O–H groups in total. The molecule has 3 aromatic carbocycles. The number of carbonyl (C=O) groups is 2. The van der Waals surface area contributed by atoms with E-state index < -0.39 is 11.7 Å². The normalized spacial score (nSPS) is 10.8. The van der Waals surface area contributed by atoms with Gasteiger partial charge in [-0.3, -0.25) is 9.59 Å². The highest BCUT2D eigenvalue weighted by atomic mass is 19.1. The van der Waals surface area contributed by atoms with Crippen LogP contribution in [0.1, 0.15) is 32.1 Å². The number of rotatable bonds is 5. The molecule has 4 rings (SSSR count). The van der Waals surface area contributed by atoms with Crippen LogP contribution in [-0.4, -0.2) is 21.8 Å². The first-order valence-electron chi connectivity index (χ1n) is 9.59. The lowest BCUT2D eigenvalue weighted by Gasteiger charge is -2.09. The number of aryl methyl sites for hydroxylation is 1. The molecule has 7 nitrogen and oxygen atoms in total. The minimum Gasteiger partial charge on any atom is -0.397 e. The molecule has 1 aromatic heterocycles. The average molecular weight is 417 g/mol. The quantitative estimate of drug-likeness (QED) is 0.370. The smallest absolute Gasteiger partial charge is 0.255 e. The number of halogens is 1. The number of imidazole rings is 1. The Morgan fingerprint density at radius 3 is 2.52 bits per heavy atom. The van der Waals surface area contributed by atoms with Crippen LogP contribution in [0.3, 0.4) is 0 Å². The van der Waals surface area contributed by atoms with Gasteiger partial charge in [0.25, 0.3) is 11.8 Å². The number of hydrogen-bond donors (Lipinski definition) is 4. The van der Waals surface area contributed by atoms with Gasteiger partial charge in [0, 0.05) is 17.7 Å². The summed E-state index contributed by atoms with van der Waals surface area (Å²) in [6, 6.07) is 15.8. The highest BCUT2D eigenvalue weighted by molar-refractivity contribution is 6.05. The summed E-state index contributed by atoms with van der Waals surface area (Å²) < 4.78 is 13.4. The number of hydrogen-bond acceptors (Lipinski definition) is 4. The molecule has 156 valence electrons. The third kappa shape index (κ3) is 4.53. The minimum atomic E-state index is -0.489. The molecule has 0 unspecified atom stereocenters. The van der Waals surface area contributed by atoms with Gasteiger partial charge < -0.3 is 21.4 Å². The summed E-state index contributed by atoms with van der Waals surface area (Å²) in [5, 5.41) is 5.45. The van der Waals surface area contributed by atoms with Crippen molar-refractivity contribution < 1.29 is 14.0 Å². The average Bonchev–Trinajstić information content (AvgIpc) is 3.14. The van der Waals surface area contributed by atoms with E-state index in [1.54, 1.807) is 42.5 Å². The lowest BCUT2D eigenvalue weighted by atomic mass is 10.1. The van der Waals surface area contributed by atoms with Crippen LogP contribution in [0.2, 0.25) is 0 Å². The Hall–Kier alpha value is -4.20. The maximum atomic E-state index is 13.4. The molecular formula is C23H20FN5O2. The van der Waals surface area contributed by atoms with E-state index in [0.29, 0.717) is 17.7 Å². The first-order chi connectivity index (χ1) is 14.9.